The molecule has 2 aromatic carbocycles. The van der Waals surface area contributed by atoms with Gasteiger partial charge in [0, 0.05) is 18.0 Å². The summed E-state index contributed by atoms with van der Waals surface area (Å²) >= 11 is 1.58. The van der Waals surface area contributed by atoms with Crippen molar-refractivity contribution in [2.75, 3.05) is 33.9 Å². The van der Waals surface area contributed by atoms with Gasteiger partial charge in [-0.15, -0.1) is 11.3 Å². The van der Waals surface area contributed by atoms with Crippen LogP contribution in [0.3, 0.4) is 0 Å². The number of ether oxygens (including phenoxy) is 2. The van der Waals surface area contributed by atoms with Crippen molar-refractivity contribution in [1.29, 1.82) is 0 Å². The molecule has 192 valence electrons. The topological polar surface area (TPSA) is 59.1 Å². The fourth-order valence-electron chi connectivity index (χ4n) is 3.85. The highest BCUT2D eigenvalue weighted by Gasteiger charge is 2.24. The maximum atomic E-state index is 14.3. The molecule has 0 saturated carbocycles. The summed E-state index contributed by atoms with van der Waals surface area (Å²) in [5.74, 6) is 0.0502. The molecular formula is C28H33FN2O4S. The summed E-state index contributed by atoms with van der Waals surface area (Å²) in [6, 6.07) is 15.5. The van der Waals surface area contributed by atoms with Crippen molar-refractivity contribution in [2.45, 2.75) is 32.7 Å². The number of thiophene rings is 1. The lowest BCUT2D eigenvalue weighted by atomic mass is 10.1. The average molecular weight is 513 g/mol. The molecule has 0 fully saturated rings. The number of hydrogen-bond acceptors (Lipinski definition) is 5. The first-order valence-corrected chi connectivity index (χ1v) is 12.9. The van der Waals surface area contributed by atoms with Crippen LogP contribution in [-0.4, -0.2) is 55.5 Å². The monoisotopic (exact) mass is 512 g/mol. The van der Waals surface area contributed by atoms with Gasteiger partial charge in [-0.1, -0.05) is 37.6 Å². The van der Waals surface area contributed by atoms with Gasteiger partial charge >= 0.3 is 0 Å². The van der Waals surface area contributed by atoms with Crippen LogP contribution in [0, 0.1) is 5.82 Å². The van der Waals surface area contributed by atoms with Crippen molar-refractivity contribution in [2.24, 2.45) is 0 Å². The molecule has 3 aromatic rings. The Morgan fingerprint density at radius 2 is 1.72 bits per heavy atom. The number of benzene rings is 2. The van der Waals surface area contributed by atoms with E-state index in [1.807, 2.05) is 42.6 Å². The summed E-state index contributed by atoms with van der Waals surface area (Å²) in [6.45, 7) is 3.20. The zero-order chi connectivity index (χ0) is 25.9. The summed E-state index contributed by atoms with van der Waals surface area (Å²) in [4.78, 5) is 30.9. The zero-order valence-electron chi connectivity index (χ0n) is 21.0. The molecule has 8 heteroatoms. The van der Waals surface area contributed by atoms with Crippen LogP contribution >= 0.6 is 11.3 Å². The Morgan fingerprint density at radius 1 is 0.944 bits per heavy atom. The third-order valence-corrected chi connectivity index (χ3v) is 6.76. The molecule has 0 aliphatic rings. The summed E-state index contributed by atoms with van der Waals surface area (Å²) in [7, 11) is 3.18. The molecule has 2 amide bonds. The first kappa shape index (κ1) is 27.2. The molecule has 0 saturated heterocycles. The van der Waals surface area contributed by atoms with Gasteiger partial charge in [0.2, 0.25) is 5.91 Å². The Balaban J connectivity index is 1.78. The molecule has 0 spiro atoms. The molecule has 3 rings (SSSR count). The van der Waals surface area contributed by atoms with Crippen LogP contribution in [0.15, 0.2) is 60.0 Å². The summed E-state index contributed by atoms with van der Waals surface area (Å²) in [6.07, 6.45) is 2.19. The second-order valence-corrected chi connectivity index (χ2v) is 9.43. The van der Waals surface area contributed by atoms with Gasteiger partial charge in [0.1, 0.15) is 12.4 Å². The predicted octanol–water partition coefficient (Wildman–Crippen LogP) is 5.42. The van der Waals surface area contributed by atoms with Gasteiger partial charge in [0.25, 0.3) is 5.91 Å². The molecule has 36 heavy (non-hydrogen) atoms. The van der Waals surface area contributed by atoms with Gasteiger partial charge in [0.05, 0.1) is 26.3 Å². The molecule has 0 radical (unpaired) electrons. The standard InChI is InChI=1S/C28H33FN2O4S/c1-4-5-15-31(28(33)23-10-6-7-11-24(23)29)20-27(32)30(19-22-9-8-17-36-22)16-14-21-12-13-25(34-2)26(18-21)35-3/h6-13,17-18H,4-5,14-16,19-20H2,1-3H3. The molecule has 0 atom stereocenters. The van der Waals surface area contributed by atoms with Gasteiger partial charge in [-0.2, -0.15) is 0 Å². The van der Waals surface area contributed by atoms with E-state index in [9.17, 15) is 14.0 Å². The first-order valence-electron chi connectivity index (χ1n) is 12.0. The number of carbonyl (C=O) groups excluding carboxylic acids is 2. The van der Waals surface area contributed by atoms with Crippen molar-refractivity contribution in [3.05, 3.63) is 81.8 Å². The van der Waals surface area contributed by atoms with E-state index in [0.717, 1.165) is 23.3 Å². The first-order chi connectivity index (χ1) is 17.5. The molecule has 0 bridgehead atoms. The molecule has 1 aromatic heterocycles. The SMILES string of the molecule is CCCCN(CC(=O)N(CCc1ccc(OC)c(OC)c1)Cc1cccs1)C(=O)c1ccccc1F. The van der Waals surface area contributed by atoms with E-state index in [1.165, 1.54) is 17.0 Å². The number of carbonyl (C=O) groups is 2. The summed E-state index contributed by atoms with van der Waals surface area (Å²) in [5, 5.41) is 1.97. The number of unbranched alkanes of at least 4 members (excludes halogenated alkanes) is 1. The molecule has 0 aliphatic carbocycles. The highest BCUT2D eigenvalue weighted by molar-refractivity contribution is 7.09. The molecule has 0 unspecified atom stereocenters. The minimum atomic E-state index is -0.583. The highest BCUT2D eigenvalue weighted by Crippen LogP contribution is 2.28. The lowest BCUT2D eigenvalue weighted by molar-refractivity contribution is -0.132. The van der Waals surface area contributed by atoms with E-state index in [0.29, 0.717) is 37.6 Å². The van der Waals surface area contributed by atoms with Crippen LogP contribution in [0.4, 0.5) is 4.39 Å². The number of halogens is 1. The van der Waals surface area contributed by atoms with E-state index >= 15 is 0 Å². The number of methoxy groups -OCH3 is 2. The molecule has 1 heterocycles. The minimum absolute atomic E-state index is 0.0171. The Hall–Kier alpha value is -3.39. The Morgan fingerprint density at radius 3 is 2.39 bits per heavy atom. The van der Waals surface area contributed by atoms with Crippen molar-refractivity contribution in [3.63, 3.8) is 0 Å². The largest absolute Gasteiger partial charge is 0.493 e. The van der Waals surface area contributed by atoms with Crippen molar-refractivity contribution >= 4 is 23.2 Å². The lowest BCUT2D eigenvalue weighted by Gasteiger charge is -2.28. The number of amides is 2. The van der Waals surface area contributed by atoms with Crippen molar-refractivity contribution < 1.29 is 23.5 Å². The second kappa shape index (κ2) is 13.6. The highest BCUT2D eigenvalue weighted by atomic mass is 32.1. The van der Waals surface area contributed by atoms with Crippen LogP contribution < -0.4 is 9.47 Å². The molecule has 6 nitrogen and oxygen atoms in total. The Kier molecular flexibility index (Phi) is 10.3. The lowest BCUT2D eigenvalue weighted by Crippen LogP contribution is -2.44. The molecule has 0 aliphatic heterocycles. The molecule has 0 N–H and O–H groups in total. The van der Waals surface area contributed by atoms with Gasteiger partial charge in [-0.3, -0.25) is 9.59 Å². The van der Waals surface area contributed by atoms with Crippen LogP contribution in [0.5, 0.6) is 11.5 Å². The summed E-state index contributed by atoms with van der Waals surface area (Å²) < 4.78 is 25.1. The normalized spacial score (nSPS) is 10.7. The maximum Gasteiger partial charge on any atom is 0.257 e. The predicted molar refractivity (Wildman–Crippen MR) is 140 cm³/mol. The Bertz CT molecular complexity index is 1140. The number of hydrogen-bond donors (Lipinski definition) is 0. The van der Waals surface area contributed by atoms with Gasteiger partial charge in [-0.05, 0) is 54.1 Å². The van der Waals surface area contributed by atoms with Crippen LogP contribution in [0.1, 0.15) is 40.6 Å². The van der Waals surface area contributed by atoms with Gasteiger partial charge in [-0.25, -0.2) is 4.39 Å². The fourth-order valence-corrected chi connectivity index (χ4v) is 4.57. The third-order valence-electron chi connectivity index (χ3n) is 5.90. The van der Waals surface area contributed by atoms with Gasteiger partial charge in [0.15, 0.2) is 11.5 Å². The Labute approximate surface area is 216 Å². The van der Waals surface area contributed by atoms with E-state index in [2.05, 4.69) is 0 Å². The fraction of sp³-hybridized carbons (Fsp3) is 0.357. The number of nitrogens with zero attached hydrogens (tertiary/aromatic N) is 2. The van der Waals surface area contributed by atoms with E-state index in [-0.39, 0.29) is 18.0 Å². The third kappa shape index (κ3) is 7.31. The average Bonchev–Trinajstić information content (AvgIpc) is 3.41. The van der Waals surface area contributed by atoms with Crippen LogP contribution in [0.25, 0.3) is 0 Å². The number of rotatable bonds is 13. The van der Waals surface area contributed by atoms with E-state index < -0.39 is 11.7 Å². The minimum Gasteiger partial charge on any atom is -0.493 e. The van der Waals surface area contributed by atoms with Crippen LogP contribution in [0.2, 0.25) is 0 Å². The maximum absolute atomic E-state index is 14.3. The van der Waals surface area contributed by atoms with Gasteiger partial charge < -0.3 is 19.3 Å². The second-order valence-electron chi connectivity index (χ2n) is 8.39. The molecular weight excluding hydrogens is 479 g/mol. The van der Waals surface area contributed by atoms with E-state index in [4.69, 9.17) is 9.47 Å². The summed E-state index contributed by atoms with van der Waals surface area (Å²) in [5.41, 5.74) is 0.985. The van der Waals surface area contributed by atoms with Crippen LogP contribution in [-0.2, 0) is 17.8 Å². The van der Waals surface area contributed by atoms with Crippen molar-refractivity contribution in [1.82, 2.24) is 9.80 Å². The van der Waals surface area contributed by atoms with Crippen molar-refractivity contribution in [3.8, 4) is 11.5 Å². The van der Waals surface area contributed by atoms with E-state index in [1.54, 1.807) is 42.6 Å². The quantitative estimate of drug-likeness (QED) is 0.307. The zero-order valence-corrected chi connectivity index (χ0v) is 21.9. The smallest absolute Gasteiger partial charge is 0.257 e.